The number of hydrogen-bond donors (Lipinski definition) is 0. The molecule has 0 saturated carbocycles. The smallest absolute Gasteiger partial charge is 0.153 e. The summed E-state index contributed by atoms with van der Waals surface area (Å²) < 4.78 is 35.2. The van der Waals surface area contributed by atoms with Gasteiger partial charge in [-0.25, -0.2) is 8.42 Å². The highest BCUT2D eigenvalue weighted by Crippen LogP contribution is 2.30. The van der Waals surface area contributed by atoms with Gasteiger partial charge in [-0.1, -0.05) is 6.07 Å². The van der Waals surface area contributed by atoms with E-state index in [0.717, 1.165) is 37.5 Å². The van der Waals surface area contributed by atoms with Gasteiger partial charge in [-0.3, -0.25) is 9.80 Å². The molecule has 7 heteroatoms. The lowest BCUT2D eigenvalue weighted by molar-refractivity contribution is 0.0252. The van der Waals surface area contributed by atoms with Crippen LogP contribution in [0.15, 0.2) is 12.1 Å². The number of fused-ring (bicyclic) bond motifs is 1. The van der Waals surface area contributed by atoms with Gasteiger partial charge in [0.2, 0.25) is 0 Å². The molecule has 2 aliphatic heterocycles. The van der Waals surface area contributed by atoms with E-state index >= 15 is 0 Å². The third-order valence-corrected chi connectivity index (χ3v) is 7.63. The molecule has 2 saturated heterocycles. The van der Waals surface area contributed by atoms with E-state index in [-0.39, 0.29) is 23.6 Å². The van der Waals surface area contributed by atoms with Crippen molar-refractivity contribution in [2.24, 2.45) is 0 Å². The van der Waals surface area contributed by atoms with Gasteiger partial charge in [0.25, 0.3) is 0 Å². The second kappa shape index (κ2) is 7.84. The fourth-order valence-corrected chi connectivity index (χ4v) is 6.28. The number of piperazine rings is 1. The molecule has 0 amide bonds. The van der Waals surface area contributed by atoms with Crippen LogP contribution in [-0.4, -0.2) is 82.3 Å². The lowest BCUT2D eigenvalue weighted by Gasteiger charge is -2.44. The topological polar surface area (TPSA) is 59.1 Å². The minimum atomic E-state index is -2.99. The second-order valence-electron chi connectivity index (χ2n) is 7.39. The quantitative estimate of drug-likeness (QED) is 0.738. The fraction of sp³-hybridized carbons (Fsp3) is 0.684. The zero-order chi connectivity index (χ0) is 18.9. The summed E-state index contributed by atoms with van der Waals surface area (Å²) in [4.78, 5) is 4.65. The third kappa shape index (κ3) is 3.91. The van der Waals surface area contributed by atoms with Crippen molar-refractivity contribution in [3.8, 4) is 5.75 Å². The molecule has 0 aromatic heterocycles. The summed E-state index contributed by atoms with van der Waals surface area (Å²) in [6.45, 7) is 8.17. The Morgan fingerprint density at radius 1 is 1.04 bits per heavy atom. The summed E-state index contributed by atoms with van der Waals surface area (Å²) >= 11 is 0. The highest BCUT2D eigenvalue weighted by Gasteiger charge is 2.46. The molecule has 2 aliphatic rings. The van der Waals surface area contributed by atoms with Crippen LogP contribution in [0.3, 0.4) is 0 Å². The predicted octanol–water partition coefficient (Wildman–Crippen LogP) is 1.24. The van der Waals surface area contributed by atoms with Crippen LogP contribution < -0.4 is 4.74 Å². The third-order valence-electron chi connectivity index (χ3n) is 5.93. The zero-order valence-corrected chi connectivity index (χ0v) is 17.0. The lowest BCUT2D eigenvalue weighted by Crippen LogP contribution is -2.59. The Morgan fingerprint density at radius 2 is 1.69 bits per heavy atom. The first-order valence-electron chi connectivity index (χ1n) is 9.17. The van der Waals surface area contributed by atoms with Crippen LogP contribution in [0.1, 0.15) is 16.7 Å². The summed E-state index contributed by atoms with van der Waals surface area (Å²) in [5.74, 6) is 1.42. The molecule has 2 fully saturated rings. The first kappa shape index (κ1) is 19.6. The molecule has 1 aromatic carbocycles. The Bertz CT molecular complexity index is 750. The van der Waals surface area contributed by atoms with Gasteiger partial charge < -0.3 is 9.47 Å². The van der Waals surface area contributed by atoms with Gasteiger partial charge in [0.1, 0.15) is 5.75 Å². The molecule has 146 valence electrons. The summed E-state index contributed by atoms with van der Waals surface area (Å²) in [6.07, 6.45) is 0. The summed E-state index contributed by atoms with van der Waals surface area (Å²) in [5.41, 5.74) is 3.62. The number of benzene rings is 1. The van der Waals surface area contributed by atoms with Gasteiger partial charge in [0, 0.05) is 45.4 Å². The molecule has 26 heavy (non-hydrogen) atoms. The summed E-state index contributed by atoms with van der Waals surface area (Å²) in [7, 11) is 0.392. The van der Waals surface area contributed by atoms with Crippen LogP contribution >= 0.6 is 0 Å². The van der Waals surface area contributed by atoms with Crippen molar-refractivity contribution in [2.75, 3.05) is 52.0 Å². The average molecular weight is 383 g/mol. The number of hydrogen-bond acceptors (Lipinski definition) is 6. The fourth-order valence-electron chi connectivity index (χ4n) is 4.24. The van der Waals surface area contributed by atoms with Crippen LogP contribution in [0.5, 0.6) is 5.75 Å². The molecule has 0 aliphatic carbocycles. The maximum absolute atomic E-state index is 12.3. The van der Waals surface area contributed by atoms with Crippen molar-refractivity contribution in [3.05, 3.63) is 28.8 Å². The minimum absolute atomic E-state index is 0.0624. The number of methoxy groups -OCH3 is 2. The van der Waals surface area contributed by atoms with Gasteiger partial charge in [-0.15, -0.1) is 0 Å². The van der Waals surface area contributed by atoms with Gasteiger partial charge in [0.15, 0.2) is 9.84 Å². The molecule has 6 nitrogen and oxygen atoms in total. The first-order valence-corrected chi connectivity index (χ1v) is 11.0. The van der Waals surface area contributed by atoms with E-state index in [9.17, 15) is 8.42 Å². The highest BCUT2D eigenvalue weighted by atomic mass is 32.2. The Labute approximate surface area is 157 Å². The van der Waals surface area contributed by atoms with Gasteiger partial charge in [-0.2, -0.15) is 0 Å². The Kier molecular flexibility index (Phi) is 5.91. The molecular weight excluding hydrogens is 352 g/mol. The molecule has 0 radical (unpaired) electrons. The molecule has 0 spiro atoms. The molecular formula is C19H30N2O4S. The highest BCUT2D eigenvalue weighted by molar-refractivity contribution is 7.91. The second-order valence-corrected chi connectivity index (χ2v) is 9.54. The van der Waals surface area contributed by atoms with Crippen molar-refractivity contribution in [1.29, 1.82) is 0 Å². The van der Waals surface area contributed by atoms with E-state index in [1.807, 2.05) is 6.07 Å². The molecule has 0 N–H and O–H groups in total. The number of sulfone groups is 1. The van der Waals surface area contributed by atoms with Crippen molar-refractivity contribution in [2.45, 2.75) is 32.5 Å². The van der Waals surface area contributed by atoms with Crippen LogP contribution in [0.4, 0.5) is 0 Å². The van der Waals surface area contributed by atoms with Crippen LogP contribution in [0, 0.1) is 13.8 Å². The first-order chi connectivity index (χ1) is 12.4. The molecule has 2 atom stereocenters. The summed E-state index contributed by atoms with van der Waals surface area (Å²) in [6, 6.07) is 4.25. The van der Waals surface area contributed by atoms with Gasteiger partial charge in [0.05, 0.1) is 25.2 Å². The largest absolute Gasteiger partial charge is 0.496 e. The van der Waals surface area contributed by atoms with E-state index in [0.29, 0.717) is 6.61 Å². The zero-order valence-electron chi connectivity index (χ0n) is 16.2. The Morgan fingerprint density at radius 3 is 2.35 bits per heavy atom. The molecule has 0 bridgehead atoms. The van der Waals surface area contributed by atoms with Crippen molar-refractivity contribution in [3.63, 3.8) is 0 Å². The van der Waals surface area contributed by atoms with Crippen LogP contribution in [-0.2, 0) is 21.1 Å². The Hall–Kier alpha value is -1.15. The van der Waals surface area contributed by atoms with Gasteiger partial charge >= 0.3 is 0 Å². The Balaban J connectivity index is 1.80. The normalized spacial score (nSPS) is 26.0. The number of nitrogens with zero attached hydrogens (tertiary/aromatic N) is 2. The van der Waals surface area contributed by atoms with Crippen LogP contribution in [0.2, 0.25) is 0 Å². The molecule has 0 unspecified atom stereocenters. The molecule has 2 heterocycles. The standard InChI is InChI=1S/C19H30N2O4S/c1-14-15(2)19(25-4)6-5-16(14)11-21-8-7-20(9-10-24-3)17-12-26(22,23)13-18(17)21/h5-6,17-18H,7-13H2,1-4H3/t17-,18+/m1/s1. The van der Waals surface area contributed by atoms with Crippen molar-refractivity contribution in [1.82, 2.24) is 9.80 Å². The monoisotopic (exact) mass is 382 g/mol. The molecule has 1 aromatic rings. The van der Waals surface area contributed by atoms with Crippen LogP contribution in [0.25, 0.3) is 0 Å². The number of rotatable bonds is 6. The van der Waals surface area contributed by atoms with Gasteiger partial charge in [-0.05, 0) is 36.6 Å². The van der Waals surface area contributed by atoms with E-state index in [1.54, 1.807) is 14.2 Å². The van der Waals surface area contributed by atoms with E-state index in [4.69, 9.17) is 9.47 Å². The predicted molar refractivity (Wildman–Crippen MR) is 103 cm³/mol. The van der Waals surface area contributed by atoms with Crippen molar-refractivity contribution >= 4 is 9.84 Å². The minimum Gasteiger partial charge on any atom is -0.496 e. The number of ether oxygens (including phenoxy) is 2. The lowest BCUT2D eigenvalue weighted by atomic mass is 9.99. The average Bonchev–Trinajstić information content (AvgIpc) is 2.94. The molecule has 3 rings (SSSR count). The van der Waals surface area contributed by atoms with Crippen molar-refractivity contribution < 1.29 is 17.9 Å². The van der Waals surface area contributed by atoms with E-state index in [1.165, 1.54) is 11.1 Å². The van der Waals surface area contributed by atoms with E-state index < -0.39 is 9.84 Å². The maximum Gasteiger partial charge on any atom is 0.153 e. The summed E-state index contributed by atoms with van der Waals surface area (Å²) in [5, 5.41) is 0. The van der Waals surface area contributed by atoms with E-state index in [2.05, 4.69) is 29.7 Å². The SMILES string of the molecule is COCCN1CCN(Cc2ccc(OC)c(C)c2C)[C@H]2CS(=O)(=O)C[C@H]21. The maximum atomic E-state index is 12.3.